The molecule has 1 aliphatic rings. The predicted molar refractivity (Wildman–Crippen MR) is 77.6 cm³/mol. The van der Waals surface area contributed by atoms with Gasteiger partial charge in [-0.1, -0.05) is 19.8 Å². The highest BCUT2D eigenvalue weighted by atomic mass is 16.3. The highest BCUT2D eigenvalue weighted by molar-refractivity contribution is 5.57. The predicted octanol–water partition coefficient (Wildman–Crippen LogP) is 2.10. The lowest BCUT2D eigenvalue weighted by Gasteiger charge is -2.29. The second-order valence-electron chi connectivity index (χ2n) is 5.17. The Hall–Kier alpha value is -1.36. The van der Waals surface area contributed by atoms with Crippen LogP contribution in [0.4, 0.5) is 11.6 Å². The van der Waals surface area contributed by atoms with Gasteiger partial charge in [-0.15, -0.1) is 0 Å². The average molecular weight is 264 g/mol. The second-order valence-corrected chi connectivity index (χ2v) is 5.17. The quantitative estimate of drug-likeness (QED) is 0.777. The van der Waals surface area contributed by atoms with Crippen LogP contribution in [0.25, 0.3) is 0 Å². The lowest BCUT2D eigenvalue weighted by molar-refractivity contribution is 0.116. The number of hydrogen-bond acceptors (Lipinski definition) is 5. The fraction of sp³-hybridized carbons (Fsp3) is 0.714. The summed E-state index contributed by atoms with van der Waals surface area (Å²) in [7, 11) is 1.87. The molecular weight excluding hydrogens is 240 g/mol. The first-order valence-corrected chi connectivity index (χ1v) is 7.15. The van der Waals surface area contributed by atoms with Gasteiger partial charge in [-0.05, 0) is 19.8 Å². The van der Waals surface area contributed by atoms with Crippen molar-refractivity contribution in [2.24, 2.45) is 0 Å². The molecule has 0 radical (unpaired) electrons. The van der Waals surface area contributed by atoms with E-state index in [0.29, 0.717) is 0 Å². The molecule has 0 amide bonds. The first kappa shape index (κ1) is 14.1. The van der Waals surface area contributed by atoms with Crippen molar-refractivity contribution in [2.75, 3.05) is 17.7 Å². The van der Waals surface area contributed by atoms with Gasteiger partial charge in [0.15, 0.2) is 0 Å². The summed E-state index contributed by atoms with van der Waals surface area (Å²) in [6, 6.07) is 0.108. The molecule has 1 aromatic heterocycles. The molecule has 0 saturated heterocycles. The molecule has 2 atom stereocenters. The number of aromatic nitrogens is 2. The Morgan fingerprint density at radius 2 is 1.89 bits per heavy atom. The highest BCUT2D eigenvalue weighted by Crippen LogP contribution is 2.25. The fourth-order valence-electron chi connectivity index (χ4n) is 2.56. The molecule has 1 aliphatic carbocycles. The molecule has 1 heterocycles. The minimum atomic E-state index is -0.272. The van der Waals surface area contributed by atoms with E-state index in [4.69, 9.17) is 0 Å². The molecule has 0 bridgehead atoms. The topological polar surface area (TPSA) is 70.1 Å². The van der Waals surface area contributed by atoms with Gasteiger partial charge in [-0.25, -0.2) is 9.97 Å². The molecule has 1 aromatic rings. The number of nitrogens with one attached hydrogen (secondary N) is 2. The van der Waals surface area contributed by atoms with E-state index in [1.165, 1.54) is 6.42 Å². The van der Waals surface area contributed by atoms with Gasteiger partial charge in [0.1, 0.15) is 17.5 Å². The molecule has 3 N–H and O–H groups in total. The van der Waals surface area contributed by atoms with Crippen molar-refractivity contribution in [2.45, 2.75) is 58.1 Å². The van der Waals surface area contributed by atoms with E-state index in [2.05, 4.69) is 20.6 Å². The van der Waals surface area contributed by atoms with E-state index in [-0.39, 0.29) is 12.1 Å². The maximum absolute atomic E-state index is 10.1. The van der Waals surface area contributed by atoms with E-state index < -0.39 is 0 Å². The molecular formula is C14H24N4O. The SMILES string of the molecule is CCc1nc(NC)c(C)c(NC2CCCCC2O)n1. The Kier molecular flexibility index (Phi) is 4.58. The summed E-state index contributed by atoms with van der Waals surface area (Å²) in [6.07, 6.45) is 4.69. The number of nitrogens with zero attached hydrogens (tertiary/aromatic N) is 2. The van der Waals surface area contributed by atoms with Crippen LogP contribution >= 0.6 is 0 Å². The van der Waals surface area contributed by atoms with Crippen LogP contribution in [0.3, 0.4) is 0 Å². The van der Waals surface area contributed by atoms with Crippen LogP contribution in [0.5, 0.6) is 0 Å². The molecule has 0 aliphatic heterocycles. The van der Waals surface area contributed by atoms with Crippen LogP contribution in [-0.4, -0.2) is 34.3 Å². The number of hydrogen-bond donors (Lipinski definition) is 3. The monoisotopic (exact) mass is 264 g/mol. The van der Waals surface area contributed by atoms with Crippen molar-refractivity contribution in [1.29, 1.82) is 0 Å². The van der Waals surface area contributed by atoms with Gasteiger partial charge < -0.3 is 15.7 Å². The smallest absolute Gasteiger partial charge is 0.135 e. The largest absolute Gasteiger partial charge is 0.391 e. The normalized spacial score (nSPS) is 23.2. The summed E-state index contributed by atoms with van der Waals surface area (Å²) in [5, 5.41) is 16.6. The minimum absolute atomic E-state index is 0.108. The Balaban J connectivity index is 2.22. The number of aliphatic hydroxyl groups excluding tert-OH is 1. The van der Waals surface area contributed by atoms with Crippen molar-refractivity contribution in [3.8, 4) is 0 Å². The third-order valence-electron chi connectivity index (χ3n) is 3.80. The van der Waals surface area contributed by atoms with Gasteiger partial charge >= 0.3 is 0 Å². The van der Waals surface area contributed by atoms with Crippen LogP contribution in [0.2, 0.25) is 0 Å². The Morgan fingerprint density at radius 1 is 1.21 bits per heavy atom. The second kappa shape index (κ2) is 6.19. The molecule has 2 rings (SSSR count). The fourth-order valence-corrected chi connectivity index (χ4v) is 2.56. The molecule has 0 aromatic carbocycles. The van der Waals surface area contributed by atoms with Crippen molar-refractivity contribution in [3.05, 3.63) is 11.4 Å². The van der Waals surface area contributed by atoms with Gasteiger partial charge in [-0.2, -0.15) is 0 Å². The number of aryl methyl sites for hydroxylation is 1. The maximum Gasteiger partial charge on any atom is 0.135 e. The van der Waals surface area contributed by atoms with E-state index in [0.717, 1.165) is 48.7 Å². The van der Waals surface area contributed by atoms with Gasteiger partial charge in [0, 0.05) is 19.0 Å². The molecule has 19 heavy (non-hydrogen) atoms. The van der Waals surface area contributed by atoms with Gasteiger partial charge in [-0.3, -0.25) is 0 Å². The summed E-state index contributed by atoms with van der Waals surface area (Å²) in [5.41, 5.74) is 1.01. The summed E-state index contributed by atoms with van der Waals surface area (Å²) in [4.78, 5) is 9.01. The molecule has 5 heteroatoms. The standard InChI is InChI=1S/C14H24N4O/c1-4-12-17-13(15-3)9(2)14(18-12)16-10-7-5-6-8-11(10)19/h10-11,19H,4-8H2,1-3H3,(H2,15,16,17,18). The van der Waals surface area contributed by atoms with Gasteiger partial charge in [0.05, 0.1) is 12.1 Å². The van der Waals surface area contributed by atoms with E-state index in [1.54, 1.807) is 0 Å². The molecule has 1 saturated carbocycles. The first-order chi connectivity index (χ1) is 9.15. The van der Waals surface area contributed by atoms with Crippen molar-refractivity contribution >= 4 is 11.6 Å². The number of aliphatic hydroxyl groups is 1. The minimum Gasteiger partial charge on any atom is -0.391 e. The summed E-state index contributed by atoms with van der Waals surface area (Å²) >= 11 is 0. The van der Waals surface area contributed by atoms with Gasteiger partial charge in [0.2, 0.25) is 0 Å². The molecule has 5 nitrogen and oxygen atoms in total. The summed E-state index contributed by atoms with van der Waals surface area (Å²) in [6.45, 7) is 4.05. The zero-order chi connectivity index (χ0) is 13.8. The average Bonchev–Trinajstić information content (AvgIpc) is 2.43. The van der Waals surface area contributed by atoms with E-state index in [1.807, 2.05) is 20.9 Å². The summed E-state index contributed by atoms with van der Waals surface area (Å²) < 4.78 is 0. The van der Waals surface area contributed by atoms with Crippen molar-refractivity contribution in [1.82, 2.24) is 9.97 Å². The molecule has 106 valence electrons. The van der Waals surface area contributed by atoms with Crippen molar-refractivity contribution < 1.29 is 5.11 Å². The van der Waals surface area contributed by atoms with E-state index >= 15 is 0 Å². The van der Waals surface area contributed by atoms with Gasteiger partial charge in [0.25, 0.3) is 0 Å². The third-order valence-corrected chi connectivity index (χ3v) is 3.80. The molecule has 2 unspecified atom stereocenters. The zero-order valence-corrected chi connectivity index (χ0v) is 12.0. The van der Waals surface area contributed by atoms with Crippen LogP contribution in [0, 0.1) is 6.92 Å². The highest BCUT2D eigenvalue weighted by Gasteiger charge is 2.24. The Morgan fingerprint density at radius 3 is 2.53 bits per heavy atom. The number of rotatable bonds is 4. The molecule has 0 spiro atoms. The molecule has 1 fully saturated rings. The first-order valence-electron chi connectivity index (χ1n) is 7.15. The van der Waals surface area contributed by atoms with Crippen LogP contribution in [-0.2, 0) is 6.42 Å². The Labute approximate surface area is 114 Å². The zero-order valence-electron chi connectivity index (χ0n) is 12.0. The van der Waals surface area contributed by atoms with Crippen molar-refractivity contribution in [3.63, 3.8) is 0 Å². The maximum atomic E-state index is 10.1. The number of anilines is 2. The van der Waals surface area contributed by atoms with Crippen LogP contribution in [0.1, 0.15) is 44.0 Å². The van der Waals surface area contributed by atoms with E-state index in [9.17, 15) is 5.11 Å². The lowest BCUT2D eigenvalue weighted by Crippen LogP contribution is -2.37. The Bertz CT molecular complexity index is 436. The summed E-state index contributed by atoms with van der Waals surface area (Å²) in [5.74, 6) is 2.53. The third kappa shape index (κ3) is 3.15. The van der Waals surface area contributed by atoms with Crippen LogP contribution in [0.15, 0.2) is 0 Å². The lowest BCUT2D eigenvalue weighted by atomic mass is 9.92. The van der Waals surface area contributed by atoms with Crippen LogP contribution < -0.4 is 10.6 Å².